The van der Waals surface area contributed by atoms with Crippen LogP contribution >= 0.6 is 11.6 Å². The van der Waals surface area contributed by atoms with Gasteiger partial charge in [-0.2, -0.15) is 0 Å². The van der Waals surface area contributed by atoms with Crippen molar-refractivity contribution >= 4 is 22.6 Å². The second-order valence-electron chi connectivity index (χ2n) is 4.67. The van der Waals surface area contributed by atoms with Crippen molar-refractivity contribution in [3.63, 3.8) is 0 Å². The molecule has 1 aromatic heterocycles. The fourth-order valence-corrected chi connectivity index (χ4v) is 2.36. The first-order valence-corrected chi connectivity index (χ1v) is 7.03. The molecule has 0 aliphatic rings. The number of halogens is 1. The normalized spacial score (nSPS) is 10.6. The minimum atomic E-state index is -0.432. The molecule has 0 bridgehead atoms. The van der Waals surface area contributed by atoms with E-state index in [4.69, 9.17) is 25.5 Å². The molecule has 0 spiro atoms. The van der Waals surface area contributed by atoms with Crippen molar-refractivity contribution in [3.8, 4) is 11.5 Å². The summed E-state index contributed by atoms with van der Waals surface area (Å²) in [7, 11) is 1.56. The van der Waals surface area contributed by atoms with Gasteiger partial charge in [-0.05, 0) is 24.3 Å². The highest BCUT2D eigenvalue weighted by atomic mass is 35.5. The number of hydrogen-bond acceptors (Lipinski definition) is 4. The highest BCUT2D eigenvalue weighted by Gasteiger charge is 2.08. The van der Waals surface area contributed by atoms with Gasteiger partial charge in [0, 0.05) is 23.1 Å². The molecular formula is C17H13ClO4. The van der Waals surface area contributed by atoms with E-state index in [-0.39, 0.29) is 6.61 Å². The highest BCUT2D eigenvalue weighted by molar-refractivity contribution is 6.32. The minimum absolute atomic E-state index is 0.220. The van der Waals surface area contributed by atoms with Gasteiger partial charge in [-0.1, -0.05) is 23.7 Å². The molecule has 5 heteroatoms. The van der Waals surface area contributed by atoms with Crippen LogP contribution in [0.5, 0.6) is 11.5 Å². The van der Waals surface area contributed by atoms with E-state index in [1.807, 2.05) is 18.2 Å². The Morgan fingerprint density at radius 1 is 1.14 bits per heavy atom. The summed E-state index contributed by atoms with van der Waals surface area (Å²) in [6.45, 7) is 0.220. The van der Waals surface area contributed by atoms with E-state index in [1.54, 1.807) is 31.4 Å². The summed E-state index contributed by atoms with van der Waals surface area (Å²) in [6, 6.07) is 13.9. The number of fused-ring (bicyclic) bond motifs is 1. The third-order valence-electron chi connectivity index (χ3n) is 3.26. The van der Waals surface area contributed by atoms with Gasteiger partial charge in [0.15, 0.2) is 0 Å². The Kier molecular flexibility index (Phi) is 4.02. The van der Waals surface area contributed by atoms with Crippen LogP contribution in [-0.4, -0.2) is 7.11 Å². The van der Waals surface area contributed by atoms with Crippen LogP contribution in [0, 0.1) is 0 Å². The monoisotopic (exact) mass is 316 g/mol. The number of methoxy groups -OCH3 is 1. The standard InChI is InChI=1S/C17H13ClO4/c1-20-12-6-7-13-11(8-17(19)22-16(13)9-12)10-21-15-5-3-2-4-14(15)18/h2-9H,10H2,1H3. The van der Waals surface area contributed by atoms with Crippen molar-refractivity contribution < 1.29 is 13.9 Å². The zero-order valence-corrected chi connectivity index (χ0v) is 12.6. The van der Waals surface area contributed by atoms with Crippen LogP contribution in [0.25, 0.3) is 11.0 Å². The lowest BCUT2D eigenvalue weighted by molar-refractivity contribution is 0.307. The molecule has 1 heterocycles. The van der Waals surface area contributed by atoms with Crippen LogP contribution in [0.3, 0.4) is 0 Å². The summed E-state index contributed by atoms with van der Waals surface area (Å²) in [6.07, 6.45) is 0. The number of para-hydroxylation sites is 1. The summed E-state index contributed by atoms with van der Waals surface area (Å²) in [5.74, 6) is 1.19. The van der Waals surface area contributed by atoms with Crippen molar-refractivity contribution in [1.29, 1.82) is 0 Å². The van der Waals surface area contributed by atoms with E-state index in [2.05, 4.69) is 0 Å². The molecule has 0 saturated heterocycles. The molecule has 0 unspecified atom stereocenters. The van der Waals surface area contributed by atoms with E-state index in [9.17, 15) is 4.79 Å². The molecule has 0 amide bonds. The Labute approximate surface area is 131 Å². The van der Waals surface area contributed by atoms with Crippen LogP contribution in [0.1, 0.15) is 5.56 Å². The van der Waals surface area contributed by atoms with E-state index < -0.39 is 5.63 Å². The molecule has 0 aliphatic carbocycles. The molecule has 4 nitrogen and oxygen atoms in total. The molecule has 0 aliphatic heterocycles. The second-order valence-corrected chi connectivity index (χ2v) is 5.08. The van der Waals surface area contributed by atoms with Gasteiger partial charge in [0.25, 0.3) is 0 Å². The highest BCUT2D eigenvalue weighted by Crippen LogP contribution is 2.26. The van der Waals surface area contributed by atoms with Crippen molar-refractivity contribution in [2.75, 3.05) is 7.11 Å². The lowest BCUT2D eigenvalue weighted by Gasteiger charge is -2.10. The number of rotatable bonds is 4. The maximum Gasteiger partial charge on any atom is 0.336 e. The first kappa shape index (κ1) is 14.5. The molecule has 3 aromatic rings. The summed E-state index contributed by atoms with van der Waals surface area (Å²) >= 11 is 6.06. The zero-order chi connectivity index (χ0) is 15.5. The summed E-state index contributed by atoms with van der Waals surface area (Å²) in [5.41, 5.74) is 0.761. The molecular weight excluding hydrogens is 304 g/mol. The van der Waals surface area contributed by atoms with E-state index >= 15 is 0 Å². The molecule has 2 aromatic carbocycles. The van der Waals surface area contributed by atoms with Gasteiger partial charge in [-0.3, -0.25) is 0 Å². The van der Waals surface area contributed by atoms with Crippen LogP contribution in [0.2, 0.25) is 5.02 Å². The van der Waals surface area contributed by atoms with Crippen LogP contribution in [0.4, 0.5) is 0 Å². The maximum atomic E-state index is 11.7. The number of hydrogen-bond donors (Lipinski definition) is 0. The molecule has 0 atom stereocenters. The van der Waals surface area contributed by atoms with E-state index in [0.29, 0.717) is 22.1 Å². The molecule has 0 radical (unpaired) electrons. The molecule has 112 valence electrons. The maximum absolute atomic E-state index is 11.7. The van der Waals surface area contributed by atoms with Gasteiger partial charge in [0.05, 0.1) is 12.1 Å². The second kappa shape index (κ2) is 6.12. The topological polar surface area (TPSA) is 48.7 Å². The van der Waals surface area contributed by atoms with Gasteiger partial charge >= 0.3 is 5.63 Å². The third-order valence-corrected chi connectivity index (χ3v) is 3.57. The summed E-state index contributed by atoms with van der Waals surface area (Å²) in [4.78, 5) is 11.7. The molecule has 0 saturated carbocycles. The predicted octanol–water partition coefficient (Wildman–Crippen LogP) is 4.03. The van der Waals surface area contributed by atoms with Crippen molar-refractivity contribution in [2.24, 2.45) is 0 Å². The summed E-state index contributed by atoms with van der Waals surface area (Å²) < 4.78 is 16.0. The Morgan fingerprint density at radius 2 is 1.95 bits per heavy atom. The Morgan fingerprint density at radius 3 is 2.73 bits per heavy atom. The fraction of sp³-hybridized carbons (Fsp3) is 0.118. The predicted molar refractivity (Wildman–Crippen MR) is 84.8 cm³/mol. The van der Waals surface area contributed by atoms with Crippen molar-refractivity contribution in [3.05, 3.63) is 69.5 Å². The average molecular weight is 317 g/mol. The van der Waals surface area contributed by atoms with E-state index in [1.165, 1.54) is 6.07 Å². The lowest BCUT2D eigenvalue weighted by atomic mass is 10.1. The third kappa shape index (κ3) is 2.92. The molecule has 22 heavy (non-hydrogen) atoms. The van der Waals surface area contributed by atoms with Gasteiger partial charge in [-0.15, -0.1) is 0 Å². The summed E-state index contributed by atoms with van der Waals surface area (Å²) in [5, 5.41) is 1.32. The van der Waals surface area contributed by atoms with E-state index in [0.717, 1.165) is 10.9 Å². The van der Waals surface area contributed by atoms with Crippen LogP contribution < -0.4 is 15.1 Å². The Hall–Kier alpha value is -2.46. The number of benzene rings is 2. The number of ether oxygens (including phenoxy) is 2. The first-order chi connectivity index (χ1) is 10.7. The minimum Gasteiger partial charge on any atom is -0.497 e. The largest absolute Gasteiger partial charge is 0.497 e. The van der Waals surface area contributed by atoms with Gasteiger partial charge < -0.3 is 13.9 Å². The van der Waals surface area contributed by atoms with Gasteiger partial charge in [-0.25, -0.2) is 4.79 Å². The Bertz CT molecular complexity index is 870. The van der Waals surface area contributed by atoms with Gasteiger partial charge in [0.1, 0.15) is 23.7 Å². The average Bonchev–Trinajstić information content (AvgIpc) is 2.53. The van der Waals surface area contributed by atoms with Crippen molar-refractivity contribution in [1.82, 2.24) is 0 Å². The fourth-order valence-electron chi connectivity index (χ4n) is 2.17. The van der Waals surface area contributed by atoms with Gasteiger partial charge in [0.2, 0.25) is 0 Å². The molecule has 0 N–H and O–H groups in total. The Balaban J connectivity index is 1.96. The molecule has 0 fully saturated rings. The zero-order valence-electron chi connectivity index (χ0n) is 11.8. The SMILES string of the molecule is COc1ccc2c(COc3ccccc3Cl)cc(=O)oc2c1. The smallest absolute Gasteiger partial charge is 0.336 e. The van der Waals surface area contributed by atoms with Crippen LogP contribution in [0.15, 0.2) is 57.7 Å². The lowest BCUT2D eigenvalue weighted by Crippen LogP contribution is -2.04. The van der Waals surface area contributed by atoms with Crippen LogP contribution in [-0.2, 0) is 6.61 Å². The quantitative estimate of drug-likeness (QED) is 0.682. The van der Waals surface area contributed by atoms with Crippen molar-refractivity contribution in [2.45, 2.75) is 6.61 Å². The first-order valence-electron chi connectivity index (χ1n) is 6.65. The molecule has 3 rings (SSSR count).